The minimum Gasteiger partial charge on any atom is -0.481 e. The molecule has 21 heavy (non-hydrogen) atoms. The molecule has 3 N–H and O–H groups in total. The lowest BCUT2D eigenvalue weighted by molar-refractivity contribution is -0.152. The largest absolute Gasteiger partial charge is 0.481 e. The maximum absolute atomic E-state index is 12.5. The van der Waals surface area contributed by atoms with Crippen molar-refractivity contribution in [2.75, 3.05) is 18.8 Å². The van der Waals surface area contributed by atoms with Crippen LogP contribution in [0, 0.1) is 5.41 Å². The fourth-order valence-electron chi connectivity index (χ4n) is 3.08. The van der Waals surface area contributed by atoms with E-state index in [0.29, 0.717) is 37.2 Å². The molecule has 5 nitrogen and oxygen atoms in total. The Bertz CT molecular complexity index is 523. The molecule has 2 rings (SSSR count). The Labute approximate surface area is 124 Å². The number of nitrogens with two attached hydrogens (primary N) is 1. The van der Waals surface area contributed by atoms with Crippen LogP contribution in [0.5, 0.6) is 0 Å². The van der Waals surface area contributed by atoms with Crippen molar-refractivity contribution in [2.24, 2.45) is 5.41 Å². The third kappa shape index (κ3) is 3.17. The molecule has 1 aromatic rings. The van der Waals surface area contributed by atoms with E-state index in [1.807, 2.05) is 6.92 Å². The Balaban J connectivity index is 2.18. The zero-order valence-corrected chi connectivity index (χ0v) is 12.3. The van der Waals surface area contributed by atoms with Crippen LogP contribution in [0.15, 0.2) is 24.3 Å². The first-order chi connectivity index (χ1) is 9.98. The summed E-state index contributed by atoms with van der Waals surface area (Å²) in [5.74, 6) is -0.907. The molecule has 0 aromatic heterocycles. The van der Waals surface area contributed by atoms with Crippen molar-refractivity contribution >= 4 is 17.6 Å². The minimum absolute atomic E-state index is 0.114. The van der Waals surface area contributed by atoms with E-state index in [-0.39, 0.29) is 5.91 Å². The van der Waals surface area contributed by atoms with Crippen molar-refractivity contribution in [1.29, 1.82) is 0 Å². The summed E-state index contributed by atoms with van der Waals surface area (Å²) in [4.78, 5) is 25.8. The van der Waals surface area contributed by atoms with Crippen LogP contribution in [-0.2, 0) is 4.79 Å². The van der Waals surface area contributed by atoms with Crippen LogP contribution in [0.2, 0.25) is 0 Å². The zero-order chi connectivity index (χ0) is 15.5. The number of carbonyl (C=O) groups excluding carboxylic acids is 1. The minimum atomic E-state index is -0.795. The highest BCUT2D eigenvalue weighted by Gasteiger charge is 2.42. The molecule has 114 valence electrons. The lowest BCUT2D eigenvalue weighted by Gasteiger charge is -2.40. The first-order valence-corrected chi connectivity index (χ1v) is 7.37. The number of anilines is 1. The number of carboxylic acid groups (broad SMARTS) is 1. The Morgan fingerprint density at radius 2 is 2.00 bits per heavy atom. The molecule has 0 aliphatic carbocycles. The van der Waals surface area contributed by atoms with Crippen LogP contribution in [-0.4, -0.2) is 35.0 Å². The van der Waals surface area contributed by atoms with E-state index in [4.69, 9.17) is 5.73 Å². The van der Waals surface area contributed by atoms with Crippen LogP contribution in [0.4, 0.5) is 5.69 Å². The van der Waals surface area contributed by atoms with Crippen LogP contribution >= 0.6 is 0 Å². The highest BCUT2D eigenvalue weighted by Crippen LogP contribution is 2.35. The molecule has 1 saturated heterocycles. The molecule has 1 fully saturated rings. The molecule has 1 amide bonds. The molecule has 1 aromatic carbocycles. The molecule has 0 radical (unpaired) electrons. The number of carboxylic acids is 1. The first-order valence-electron chi connectivity index (χ1n) is 7.37. The van der Waals surface area contributed by atoms with Gasteiger partial charge >= 0.3 is 5.97 Å². The average molecular weight is 290 g/mol. The molecular formula is C16H22N2O3. The number of rotatable bonds is 4. The average Bonchev–Trinajstić information content (AvgIpc) is 2.48. The van der Waals surface area contributed by atoms with E-state index in [9.17, 15) is 14.7 Å². The topological polar surface area (TPSA) is 83.6 Å². The fraction of sp³-hybridized carbons (Fsp3) is 0.500. The molecular weight excluding hydrogens is 268 g/mol. The third-order valence-corrected chi connectivity index (χ3v) is 4.20. The van der Waals surface area contributed by atoms with Gasteiger partial charge < -0.3 is 15.7 Å². The summed E-state index contributed by atoms with van der Waals surface area (Å²) in [7, 11) is 0. The van der Waals surface area contributed by atoms with Gasteiger partial charge in [-0.25, -0.2) is 0 Å². The Morgan fingerprint density at radius 3 is 2.57 bits per heavy atom. The van der Waals surface area contributed by atoms with Gasteiger partial charge in [-0.3, -0.25) is 9.59 Å². The van der Waals surface area contributed by atoms with Crippen LogP contribution in [0.1, 0.15) is 43.0 Å². The van der Waals surface area contributed by atoms with Gasteiger partial charge in [-0.2, -0.15) is 0 Å². The van der Waals surface area contributed by atoms with E-state index in [2.05, 4.69) is 0 Å². The van der Waals surface area contributed by atoms with E-state index >= 15 is 0 Å². The van der Waals surface area contributed by atoms with Crippen molar-refractivity contribution in [3.05, 3.63) is 29.8 Å². The van der Waals surface area contributed by atoms with Gasteiger partial charge in [0.15, 0.2) is 0 Å². The van der Waals surface area contributed by atoms with Gasteiger partial charge in [0.1, 0.15) is 0 Å². The van der Waals surface area contributed by atoms with Gasteiger partial charge in [-0.1, -0.05) is 13.3 Å². The molecule has 0 bridgehead atoms. The lowest BCUT2D eigenvalue weighted by atomic mass is 9.76. The van der Waals surface area contributed by atoms with Gasteiger partial charge in [-0.15, -0.1) is 0 Å². The van der Waals surface area contributed by atoms with E-state index < -0.39 is 11.4 Å². The fourth-order valence-corrected chi connectivity index (χ4v) is 3.08. The van der Waals surface area contributed by atoms with Crippen LogP contribution < -0.4 is 5.73 Å². The lowest BCUT2D eigenvalue weighted by Crippen LogP contribution is -2.49. The van der Waals surface area contributed by atoms with Crippen molar-refractivity contribution in [3.63, 3.8) is 0 Å². The molecule has 0 spiro atoms. The Hall–Kier alpha value is -2.04. The van der Waals surface area contributed by atoms with Gasteiger partial charge in [0.25, 0.3) is 5.91 Å². The predicted octanol–water partition coefficient (Wildman–Crippen LogP) is 2.38. The summed E-state index contributed by atoms with van der Waals surface area (Å²) in [6, 6.07) is 6.75. The molecule has 1 aliphatic heterocycles. The summed E-state index contributed by atoms with van der Waals surface area (Å²) in [6.45, 7) is 2.88. The number of aliphatic carboxylic acids is 1. The van der Waals surface area contributed by atoms with Crippen molar-refractivity contribution in [1.82, 2.24) is 4.90 Å². The first kappa shape index (κ1) is 15.4. The number of amides is 1. The van der Waals surface area contributed by atoms with Gasteiger partial charge in [0, 0.05) is 24.3 Å². The Morgan fingerprint density at radius 1 is 1.33 bits per heavy atom. The summed E-state index contributed by atoms with van der Waals surface area (Å²) < 4.78 is 0. The highest BCUT2D eigenvalue weighted by atomic mass is 16.4. The second-order valence-electron chi connectivity index (χ2n) is 5.79. The van der Waals surface area contributed by atoms with Crippen LogP contribution in [0.3, 0.4) is 0 Å². The number of hydrogen-bond acceptors (Lipinski definition) is 3. The SMILES string of the molecule is CCCC1(C(=O)O)CCCN(C(=O)c2ccc(N)cc2)C1. The summed E-state index contributed by atoms with van der Waals surface area (Å²) in [6.07, 6.45) is 2.78. The number of hydrogen-bond donors (Lipinski definition) is 2. The van der Waals surface area contributed by atoms with E-state index in [1.54, 1.807) is 29.2 Å². The molecule has 1 atom stereocenters. The summed E-state index contributed by atoms with van der Waals surface area (Å²) in [5, 5.41) is 9.57. The smallest absolute Gasteiger partial charge is 0.311 e. The number of carbonyl (C=O) groups is 2. The zero-order valence-electron chi connectivity index (χ0n) is 12.3. The monoisotopic (exact) mass is 290 g/mol. The summed E-state index contributed by atoms with van der Waals surface area (Å²) >= 11 is 0. The maximum Gasteiger partial charge on any atom is 0.311 e. The Kier molecular flexibility index (Phi) is 4.50. The maximum atomic E-state index is 12.5. The van der Waals surface area contributed by atoms with Crippen LogP contribution in [0.25, 0.3) is 0 Å². The van der Waals surface area contributed by atoms with E-state index in [1.165, 1.54) is 0 Å². The standard InChI is InChI=1S/C16H22N2O3/c1-2-8-16(15(20)21)9-3-10-18(11-16)14(19)12-4-6-13(17)7-5-12/h4-7H,2-3,8-11,17H2,1H3,(H,20,21). The van der Waals surface area contributed by atoms with Crippen molar-refractivity contribution < 1.29 is 14.7 Å². The number of piperidine rings is 1. The molecule has 1 aliphatic rings. The molecule has 5 heteroatoms. The van der Waals surface area contributed by atoms with Gasteiger partial charge in [0.2, 0.25) is 0 Å². The highest BCUT2D eigenvalue weighted by molar-refractivity contribution is 5.95. The van der Waals surface area contributed by atoms with Crippen molar-refractivity contribution in [2.45, 2.75) is 32.6 Å². The predicted molar refractivity (Wildman–Crippen MR) is 81.0 cm³/mol. The second-order valence-corrected chi connectivity index (χ2v) is 5.79. The molecule has 0 saturated carbocycles. The normalized spacial score (nSPS) is 22.0. The number of nitrogen functional groups attached to an aromatic ring is 1. The van der Waals surface area contributed by atoms with E-state index in [0.717, 1.165) is 12.8 Å². The van der Waals surface area contributed by atoms with Crippen molar-refractivity contribution in [3.8, 4) is 0 Å². The summed E-state index contributed by atoms with van der Waals surface area (Å²) in [5.41, 5.74) is 5.99. The molecule has 1 heterocycles. The number of benzene rings is 1. The molecule has 1 unspecified atom stereocenters. The van der Waals surface area contributed by atoms with Gasteiger partial charge in [0.05, 0.1) is 5.41 Å². The number of likely N-dealkylation sites (tertiary alicyclic amines) is 1. The quantitative estimate of drug-likeness (QED) is 0.834. The number of nitrogens with zero attached hydrogens (tertiary/aromatic N) is 1. The van der Waals surface area contributed by atoms with Gasteiger partial charge in [-0.05, 0) is 43.5 Å². The third-order valence-electron chi connectivity index (χ3n) is 4.20. The second kappa shape index (κ2) is 6.16.